The maximum absolute atomic E-state index is 12.8. The summed E-state index contributed by atoms with van der Waals surface area (Å²) in [5.74, 6) is 0.479. The second-order valence-corrected chi connectivity index (χ2v) is 7.73. The number of thiophene rings is 1. The van der Waals surface area contributed by atoms with Crippen LogP contribution in [0.1, 0.15) is 20.8 Å². The fourth-order valence-electron chi connectivity index (χ4n) is 3.14. The van der Waals surface area contributed by atoms with Gasteiger partial charge in [0.1, 0.15) is 11.6 Å². The monoisotopic (exact) mass is 404 g/mol. The number of anilines is 3. The molecule has 7 heteroatoms. The summed E-state index contributed by atoms with van der Waals surface area (Å²) >= 11 is 1.42. The molecule has 29 heavy (non-hydrogen) atoms. The lowest BCUT2D eigenvalue weighted by molar-refractivity contribution is 0.103. The molecular formula is C22H20N4O2S. The minimum absolute atomic E-state index is 0.162. The van der Waals surface area contributed by atoms with Crippen molar-refractivity contribution in [2.45, 2.75) is 13.5 Å². The number of rotatable bonds is 5. The lowest BCUT2D eigenvalue weighted by atomic mass is 10.1. The normalized spacial score (nSPS) is 10.8. The van der Waals surface area contributed by atoms with Crippen LogP contribution in [0.5, 0.6) is 5.75 Å². The summed E-state index contributed by atoms with van der Waals surface area (Å²) in [7, 11) is 0. The van der Waals surface area contributed by atoms with E-state index in [4.69, 9.17) is 5.73 Å². The summed E-state index contributed by atoms with van der Waals surface area (Å²) in [5, 5.41) is 16.8. The smallest absolute Gasteiger partial charge is 0.266 e. The Morgan fingerprint density at radius 1 is 1.17 bits per heavy atom. The minimum atomic E-state index is -0.162. The molecule has 4 aromatic rings. The van der Waals surface area contributed by atoms with E-state index in [-0.39, 0.29) is 11.7 Å². The number of carbonyl (C=O) groups is 1. The summed E-state index contributed by atoms with van der Waals surface area (Å²) in [6.45, 7) is 2.45. The molecule has 2 aromatic heterocycles. The first kappa shape index (κ1) is 18.8. The fourth-order valence-corrected chi connectivity index (χ4v) is 4.22. The number of hydrogen-bond acceptors (Lipinski definition) is 6. The van der Waals surface area contributed by atoms with E-state index in [1.807, 2.05) is 49.4 Å². The van der Waals surface area contributed by atoms with Crippen LogP contribution >= 0.6 is 11.3 Å². The Kier molecular flexibility index (Phi) is 5.05. The average molecular weight is 404 g/mol. The number of phenolic OH excluding ortho intramolecular Hbond substituents is 1. The predicted molar refractivity (Wildman–Crippen MR) is 119 cm³/mol. The van der Waals surface area contributed by atoms with Gasteiger partial charge in [-0.25, -0.2) is 4.98 Å². The summed E-state index contributed by atoms with van der Waals surface area (Å²) in [6.07, 6.45) is 1.65. The number of aryl methyl sites for hydroxylation is 1. The van der Waals surface area contributed by atoms with E-state index in [1.165, 1.54) is 11.3 Å². The van der Waals surface area contributed by atoms with E-state index in [1.54, 1.807) is 18.3 Å². The Hall–Kier alpha value is -3.58. The fraction of sp³-hybridized carbons (Fsp3) is 0.0909. The second kappa shape index (κ2) is 7.81. The number of fused-ring (bicyclic) bond motifs is 1. The third-order valence-electron chi connectivity index (χ3n) is 4.63. The molecule has 0 saturated carbocycles. The molecule has 0 aliphatic rings. The van der Waals surface area contributed by atoms with Gasteiger partial charge in [0, 0.05) is 23.1 Å². The first-order valence-corrected chi connectivity index (χ1v) is 9.89. The van der Waals surface area contributed by atoms with Gasteiger partial charge in [-0.05, 0) is 65.9 Å². The highest BCUT2D eigenvalue weighted by atomic mass is 32.1. The van der Waals surface area contributed by atoms with Gasteiger partial charge >= 0.3 is 0 Å². The van der Waals surface area contributed by atoms with Gasteiger partial charge in [-0.3, -0.25) is 4.79 Å². The number of amides is 1. The number of nitrogens with two attached hydrogens (primary N) is 1. The number of phenols is 1. The lowest BCUT2D eigenvalue weighted by Gasteiger charge is -2.10. The van der Waals surface area contributed by atoms with Crippen LogP contribution < -0.4 is 16.4 Å². The molecule has 5 N–H and O–H groups in total. The number of aromatic nitrogens is 1. The summed E-state index contributed by atoms with van der Waals surface area (Å²) in [4.78, 5) is 17.5. The van der Waals surface area contributed by atoms with Gasteiger partial charge in [-0.1, -0.05) is 12.1 Å². The van der Waals surface area contributed by atoms with Crippen LogP contribution in [0.25, 0.3) is 10.1 Å². The molecule has 0 spiro atoms. The number of pyridine rings is 1. The highest BCUT2D eigenvalue weighted by molar-refractivity contribution is 7.21. The molecule has 0 aliphatic heterocycles. The van der Waals surface area contributed by atoms with Crippen LogP contribution in [0, 0.1) is 6.92 Å². The second-order valence-electron chi connectivity index (χ2n) is 6.68. The Morgan fingerprint density at radius 3 is 2.86 bits per heavy atom. The highest BCUT2D eigenvalue weighted by Gasteiger charge is 2.16. The van der Waals surface area contributed by atoms with Crippen LogP contribution in [-0.2, 0) is 6.54 Å². The Morgan fingerprint density at radius 2 is 2.03 bits per heavy atom. The van der Waals surface area contributed by atoms with Crippen molar-refractivity contribution >= 4 is 44.5 Å². The van der Waals surface area contributed by atoms with Crippen molar-refractivity contribution < 1.29 is 9.90 Å². The molecule has 0 bridgehead atoms. The molecular weight excluding hydrogens is 384 g/mol. The van der Waals surface area contributed by atoms with Gasteiger partial charge in [0.25, 0.3) is 5.91 Å². The number of nitrogens with one attached hydrogen (secondary N) is 2. The maximum Gasteiger partial charge on any atom is 0.266 e. The lowest BCUT2D eigenvalue weighted by Crippen LogP contribution is -2.12. The molecule has 2 heterocycles. The molecule has 4 rings (SSSR count). The number of hydrogen-bond donors (Lipinski definition) is 4. The van der Waals surface area contributed by atoms with E-state index in [2.05, 4.69) is 15.6 Å². The van der Waals surface area contributed by atoms with Gasteiger partial charge in [0.15, 0.2) is 0 Å². The minimum Gasteiger partial charge on any atom is -0.508 e. The van der Waals surface area contributed by atoms with Crippen LogP contribution in [0.3, 0.4) is 0 Å². The first-order valence-electron chi connectivity index (χ1n) is 9.08. The SMILES string of the molecule is Cc1c(C(=O)Nc2cccc(CNc3cccnc3N)c2)sc2ccc(O)cc12. The molecule has 1 amide bonds. The molecule has 0 radical (unpaired) electrons. The molecule has 0 aliphatic carbocycles. The third kappa shape index (κ3) is 4.00. The standard InChI is InChI=1S/C22H20N4O2S/c1-13-17-11-16(27)7-8-19(17)29-20(13)22(28)26-15-5-2-4-14(10-15)12-25-18-6-3-9-24-21(18)23/h2-11,25,27H,12H2,1H3,(H2,23,24)(H,26,28). The quantitative estimate of drug-likeness (QED) is 0.384. The van der Waals surface area contributed by atoms with Crippen LogP contribution in [0.2, 0.25) is 0 Å². The van der Waals surface area contributed by atoms with Crippen LogP contribution in [-0.4, -0.2) is 16.0 Å². The molecule has 6 nitrogen and oxygen atoms in total. The molecule has 0 unspecified atom stereocenters. The molecule has 2 aromatic carbocycles. The Labute approximate surface area is 172 Å². The van der Waals surface area contributed by atoms with Gasteiger partial charge in [-0.15, -0.1) is 11.3 Å². The number of aromatic hydroxyl groups is 1. The van der Waals surface area contributed by atoms with E-state index in [0.29, 0.717) is 22.9 Å². The highest BCUT2D eigenvalue weighted by Crippen LogP contribution is 2.33. The van der Waals surface area contributed by atoms with Crippen molar-refractivity contribution in [3.05, 3.63) is 76.8 Å². The summed E-state index contributed by atoms with van der Waals surface area (Å²) in [5.41, 5.74) is 9.21. The predicted octanol–water partition coefficient (Wildman–Crippen LogP) is 4.76. The number of benzene rings is 2. The van der Waals surface area contributed by atoms with Crippen LogP contribution in [0.4, 0.5) is 17.2 Å². The van der Waals surface area contributed by atoms with Crippen molar-refractivity contribution in [1.29, 1.82) is 0 Å². The molecule has 146 valence electrons. The van der Waals surface area contributed by atoms with Gasteiger partial charge in [0.2, 0.25) is 0 Å². The molecule has 0 fully saturated rings. The summed E-state index contributed by atoms with van der Waals surface area (Å²) < 4.78 is 0.970. The zero-order valence-electron chi connectivity index (χ0n) is 15.8. The number of nitrogens with zero attached hydrogens (tertiary/aromatic N) is 1. The maximum atomic E-state index is 12.8. The van der Waals surface area contributed by atoms with Gasteiger partial charge in [0.05, 0.1) is 10.6 Å². The van der Waals surface area contributed by atoms with E-state index < -0.39 is 0 Å². The van der Waals surface area contributed by atoms with E-state index in [9.17, 15) is 9.90 Å². The van der Waals surface area contributed by atoms with Gasteiger partial charge in [-0.2, -0.15) is 0 Å². The summed E-state index contributed by atoms with van der Waals surface area (Å²) in [6, 6.07) is 16.5. The Bertz CT molecular complexity index is 1200. The van der Waals surface area contributed by atoms with E-state index >= 15 is 0 Å². The first-order chi connectivity index (χ1) is 14.0. The molecule has 0 atom stereocenters. The average Bonchev–Trinajstić information content (AvgIpc) is 3.04. The van der Waals surface area contributed by atoms with Crippen molar-refractivity contribution in [1.82, 2.24) is 4.98 Å². The zero-order valence-corrected chi connectivity index (χ0v) is 16.6. The van der Waals surface area contributed by atoms with Crippen molar-refractivity contribution in [2.24, 2.45) is 0 Å². The topological polar surface area (TPSA) is 100 Å². The molecule has 0 saturated heterocycles. The van der Waals surface area contributed by atoms with Crippen molar-refractivity contribution in [3.63, 3.8) is 0 Å². The van der Waals surface area contributed by atoms with Gasteiger partial charge < -0.3 is 21.5 Å². The van der Waals surface area contributed by atoms with Crippen molar-refractivity contribution in [2.75, 3.05) is 16.4 Å². The third-order valence-corrected chi connectivity index (χ3v) is 5.90. The van der Waals surface area contributed by atoms with Crippen molar-refractivity contribution in [3.8, 4) is 5.75 Å². The largest absolute Gasteiger partial charge is 0.508 e. The number of nitrogen functional groups attached to an aromatic ring is 1. The zero-order chi connectivity index (χ0) is 20.4. The van der Waals surface area contributed by atoms with Crippen LogP contribution in [0.15, 0.2) is 60.8 Å². The number of carbonyl (C=O) groups excluding carboxylic acids is 1. The Balaban J connectivity index is 1.50. The van der Waals surface area contributed by atoms with E-state index in [0.717, 1.165) is 26.9 Å².